The van der Waals surface area contributed by atoms with Crippen LogP contribution in [0.1, 0.15) is 51.4 Å². The predicted octanol–water partition coefficient (Wildman–Crippen LogP) is 1.88. The van der Waals surface area contributed by atoms with Crippen molar-refractivity contribution in [1.29, 1.82) is 0 Å². The van der Waals surface area contributed by atoms with Gasteiger partial charge in [-0.2, -0.15) is 0 Å². The molecule has 176 valence electrons. The van der Waals surface area contributed by atoms with Gasteiger partial charge in [-0.15, -0.1) is 0 Å². The van der Waals surface area contributed by atoms with Crippen LogP contribution in [0.15, 0.2) is 18.2 Å². The molecular weight excluding hydrogens is 457 g/mol. The number of hydrogen-bond donors (Lipinski definition) is 5. The number of nitrogens with one attached hydrogen (secondary N) is 3. The first kappa shape index (κ1) is 23.6. The van der Waals surface area contributed by atoms with Gasteiger partial charge >= 0.3 is 0 Å². The van der Waals surface area contributed by atoms with Crippen LogP contribution in [-0.2, 0) is 9.59 Å². The maximum absolute atomic E-state index is 12.8. The lowest BCUT2D eigenvalue weighted by Gasteiger charge is -2.56. The number of carbonyl (C=O) groups excluding carboxylic acids is 2. The van der Waals surface area contributed by atoms with E-state index in [1.807, 2.05) is 0 Å². The summed E-state index contributed by atoms with van der Waals surface area (Å²) >= 11 is 11.9. The van der Waals surface area contributed by atoms with Crippen molar-refractivity contribution in [2.24, 2.45) is 0 Å². The molecule has 5 N–H and O–H groups in total. The number of halogens is 2. The maximum Gasteiger partial charge on any atom is 0.258 e. The number of aliphatic hydroxyl groups is 2. The highest BCUT2D eigenvalue weighted by Gasteiger charge is 2.55. The summed E-state index contributed by atoms with van der Waals surface area (Å²) in [5.74, 6) is -0.0265. The fraction of sp³-hybridized carbons (Fsp3) is 0.636. The molecule has 1 aromatic carbocycles. The first-order valence-electron chi connectivity index (χ1n) is 11.0. The summed E-state index contributed by atoms with van der Waals surface area (Å²) in [6, 6.07) is 4.35. The molecule has 1 aliphatic heterocycles. The van der Waals surface area contributed by atoms with E-state index in [-0.39, 0.29) is 18.4 Å². The van der Waals surface area contributed by atoms with Crippen molar-refractivity contribution in [2.75, 3.05) is 6.61 Å². The molecule has 1 aromatic rings. The smallest absolute Gasteiger partial charge is 0.258 e. The first-order chi connectivity index (χ1) is 15.2. The third-order valence-electron chi connectivity index (χ3n) is 7.04. The molecule has 4 aliphatic rings. The van der Waals surface area contributed by atoms with Crippen LogP contribution >= 0.6 is 23.2 Å². The molecule has 2 amide bonds. The molecule has 0 aromatic heterocycles. The van der Waals surface area contributed by atoms with E-state index in [1.54, 1.807) is 18.2 Å². The number of piperidine rings is 1. The molecule has 3 saturated carbocycles. The average Bonchev–Trinajstić information content (AvgIpc) is 2.76. The Hall–Kier alpha value is -1.58. The summed E-state index contributed by atoms with van der Waals surface area (Å²) in [6.07, 6.45) is 3.52. The van der Waals surface area contributed by atoms with Crippen molar-refractivity contribution in [3.8, 4) is 5.75 Å². The third-order valence-corrected chi connectivity index (χ3v) is 7.78. The van der Waals surface area contributed by atoms with Gasteiger partial charge < -0.3 is 25.6 Å². The summed E-state index contributed by atoms with van der Waals surface area (Å²) in [5.41, 5.74) is -1.20. The van der Waals surface area contributed by atoms with Gasteiger partial charge in [-0.25, -0.2) is 0 Å². The van der Waals surface area contributed by atoms with E-state index in [0.717, 1.165) is 6.42 Å². The zero-order chi connectivity index (χ0) is 22.9. The second-order valence-corrected chi connectivity index (χ2v) is 10.0. The van der Waals surface area contributed by atoms with Crippen molar-refractivity contribution < 1.29 is 24.5 Å². The largest absolute Gasteiger partial charge is 0.484 e. The van der Waals surface area contributed by atoms with Crippen LogP contribution < -0.4 is 20.7 Å². The molecular formula is C22H29Cl2N3O5. The molecule has 3 atom stereocenters. The van der Waals surface area contributed by atoms with Crippen LogP contribution in [0, 0.1) is 0 Å². The van der Waals surface area contributed by atoms with E-state index in [9.17, 15) is 19.8 Å². The van der Waals surface area contributed by atoms with Crippen molar-refractivity contribution in [3.05, 3.63) is 28.2 Å². The molecule has 32 heavy (non-hydrogen) atoms. The topological polar surface area (TPSA) is 120 Å². The van der Waals surface area contributed by atoms with Crippen molar-refractivity contribution in [3.63, 3.8) is 0 Å². The van der Waals surface area contributed by atoms with Crippen LogP contribution in [0.5, 0.6) is 5.75 Å². The van der Waals surface area contributed by atoms with Gasteiger partial charge in [0.15, 0.2) is 6.61 Å². The lowest BCUT2D eigenvalue weighted by Crippen LogP contribution is -2.71. The lowest BCUT2D eigenvalue weighted by molar-refractivity contribution is -0.137. The fourth-order valence-electron chi connectivity index (χ4n) is 5.16. The molecule has 5 rings (SSSR count). The van der Waals surface area contributed by atoms with E-state index in [4.69, 9.17) is 27.9 Å². The van der Waals surface area contributed by atoms with Crippen LogP contribution in [0.2, 0.25) is 10.0 Å². The van der Waals surface area contributed by atoms with Gasteiger partial charge in [0, 0.05) is 11.6 Å². The minimum absolute atomic E-state index is 0.135. The van der Waals surface area contributed by atoms with E-state index in [0.29, 0.717) is 60.7 Å². The number of aliphatic hydroxyl groups excluding tert-OH is 2. The molecule has 1 saturated heterocycles. The SMILES string of the molecule is O=C(COc1ccc(Cl)c(Cl)c1)NC12CCC(NC(=O)C3CCCC(O)N3)(CC1)C[C@@H]2O. The van der Waals surface area contributed by atoms with Crippen LogP contribution in [0.3, 0.4) is 0 Å². The number of fused-ring (bicyclic) bond motifs is 3. The second kappa shape index (κ2) is 9.35. The van der Waals surface area contributed by atoms with Crippen molar-refractivity contribution in [1.82, 2.24) is 16.0 Å². The summed E-state index contributed by atoms with van der Waals surface area (Å²) in [7, 11) is 0. The summed E-state index contributed by atoms with van der Waals surface area (Å²) in [5, 5.41) is 30.4. The predicted molar refractivity (Wildman–Crippen MR) is 120 cm³/mol. The van der Waals surface area contributed by atoms with Gasteiger partial charge in [0.25, 0.3) is 5.91 Å². The Morgan fingerprint density at radius 2 is 1.84 bits per heavy atom. The highest BCUT2D eigenvalue weighted by atomic mass is 35.5. The maximum atomic E-state index is 12.8. The first-order valence-corrected chi connectivity index (χ1v) is 11.8. The molecule has 0 spiro atoms. The Morgan fingerprint density at radius 1 is 1.09 bits per heavy atom. The van der Waals surface area contributed by atoms with Crippen molar-refractivity contribution >= 4 is 35.0 Å². The van der Waals surface area contributed by atoms with Gasteiger partial charge in [0.05, 0.1) is 27.7 Å². The van der Waals surface area contributed by atoms with Gasteiger partial charge in [-0.1, -0.05) is 23.2 Å². The number of benzene rings is 1. The Bertz CT molecular complexity index is 875. The normalized spacial score (nSPS) is 34.1. The number of amides is 2. The zero-order valence-corrected chi connectivity index (χ0v) is 19.2. The Balaban J connectivity index is 1.31. The van der Waals surface area contributed by atoms with Crippen LogP contribution in [0.25, 0.3) is 0 Å². The Morgan fingerprint density at radius 3 is 2.50 bits per heavy atom. The van der Waals surface area contributed by atoms with Crippen LogP contribution in [-0.4, -0.2) is 58.1 Å². The average molecular weight is 486 g/mol. The van der Waals surface area contributed by atoms with E-state index in [2.05, 4.69) is 16.0 Å². The number of rotatable bonds is 6. The molecule has 8 nitrogen and oxygen atoms in total. The lowest BCUT2D eigenvalue weighted by atomic mass is 9.59. The minimum Gasteiger partial charge on any atom is -0.484 e. The molecule has 2 unspecified atom stereocenters. The summed E-state index contributed by atoms with van der Waals surface area (Å²) in [6.45, 7) is -0.204. The van der Waals surface area contributed by atoms with Gasteiger partial charge in [0.1, 0.15) is 12.0 Å². The fourth-order valence-corrected chi connectivity index (χ4v) is 5.45. The number of ether oxygens (including phenoxy) is 1. The highest BCUT2D eigenvalue weighted by Crippen LogP contribution is 2.47. The summed E-state index contributed by atoms with van der Waals surface area (Å²) < 4.78 is 5.51. The Kier molecular flexibility index (Phi) is 6.89. The molecule has 3 aliphatic carbocycles. The van der Waals surface area contributed by atoms with Gasteiger partial charge in [-0.3, -0.25) is 14.9 Å². The number of hydrogen-bond acceptors (Lipinski definition) is 6. The van der Waals surface area contributed by atoms with E-state index >= 15 is 0 Å². The van der Waals surface area contributed by atoms with Gasteiger partial charge in [-0.05, 0) is 63.5 Å². The molecule has 2 bridgehead atoms. The monoisotopic (exact) mass is 485 g/mol. The molecule has 0 radical (unpaired) electrons. The quantitative estimate of drug-likeness (QED) is 0.419. The van der Waals surface area contributed by atoms with Crippen molar-refractivity contribution in [2.45, 2.75) is 80.8 Å². The molecule has 10 heteroatoms. The van der Waals surface area contributed by atoms with E-state index in [1.165, 1.54) is 0 Å². The van der Waals surface area contributed by atoms with E-state index < -0.39 is 29.5 Å². The standard InChI is InChI=1S/C22H29Cl2N3O5/c23-14-5-4-13(10-15(14)24)32-12-19(30)26-22-8-6-21(7-9-22,11-17(22)28)27-20(31)16-2-1-3-18(29)25-16/h4-5,10,16-18,25,28-29H,1-3,6-9,11-12H2,(H,26,30)(H,27,31)/t16?,17-,18?,21?,22?/m0/s1. The zero-order valence-electron chi connectivity index (χ0n) is 17.7. The Labute approximate surface area is 197 Å². The summed E-state index contributed by atoms with van der Waals surface area (Å²) in [4.78, 5) is 25.3. The third kappa shape index (κ3) is 4.99. The minimum atomic E-state index is -0.774. The van der Waals surface area contributed by atoms with Crippen LogP contribution in [0.4, 0.5) is 0 Å². The van der Waals surface area contributed by atoms with Gasteiger partial charge in [0.2, 0.25) is 5.91 Å². The second-order valence-electron chi connectivity index (χ2n) is 9.22. The number of carbonyl (C=O) groups is 2. The molecule has 1 heterocycles. The highest BCUT2D eigenvalue weighted by molar-refractivity contribution is 6.42. The molecule has 4 fully saturated rings.